The first-order valence-corrected chi connectivity index (χ1v) is 0. The zero-order valence-corrected chi connectivity index (χ0v) is 4.90. The topological polar surface area (TPSA) is 28.5 Å². The Hall–Kier alpha value is 1.83. The molecule has 0 N–H and O–H groups in total. The van der Waals surface area contributed by atoms with E-state index in [0.717, 1.165) is 0 Å². The van der Waals surface area contributed by atoms with Crippen LogP contribution in [0.2, 0.25) is 0 Å². The maximum Gasteiger partial charge on any atom is 2.00 e. The van der Waals surface area contributed by atoms with Crippen molar-refractivity contribution >= 4 is 23.1 Å². The van der Waals surface area contributed by atoms with E-state index in [4.69, 9.17) is 0 Å². The van der Waals surface area contributed by atoms with E-state index in [2.05, 4.69) is 0 Å². The van der Waals surface area contributed by atoms with Gasteiger partial charge < -0.3 is 5.48 Å². The first-order chi connectivity index (χ1) is 0. The molecule has 0 rings (SSSR count). The summed E-state index contributed by atoms with van der Waals surface area (Å²) in [5.74, 6) is 0. The Bertz CT molecular complexity index is 8.00. The molecule has 4 heteroatoms. The Morgan fingerprint density at radius 1 is 1.00 bits per heavy atom. The molecule has 4 heavy (non-hydrogen) atoms. The molecule has 0 heterocycles. The first-order valence-electron chi connectivity index (χ1n) is 0. The quantitative estimate of drug-likeness (QED) is 0.287. The van der Waals surface area contributed by atoms with Crippen LogP contribution in [0.3, 0.4) is 0 Å². The van der Waals surface area contributed by atoms with Gasteiger partial charge in [0.25, 0.3) is 0 Å². The van der Waals surface area contributed by atoms with E-state index in [1.807, 2.05) is 0 Å². The van der Waals surface area contributed by atoms with Crippen molar-refractivity contribution in [3.63, 3.8) is 0 Å². The summed E-state index contributed by atoms with van der Waals surface area (Å²) in [5.41, 5.74) is 0. The van der Waals surface area contributed by atoms with E-state index in [1.165, 1.54) is 0 Å². The molecule has 0 saturated heterocycles. The number of hydrogen-bond acceptors (Lipinski definition) is 0. The van der Waals surface area contributed by atoms with Crippen molar-refractivity contribution in [2.45, 2.75) is 0 Å². The van der Waals surface area contributed by atoms with Crippen LogP contribution in [0, 0.1) is 0 Å². The zero-order chi connectivity index (χ0) is 0. The van der Waals surface area contributed by atoms with Gasteiger partial charge in [-0.3, -0.25) is 0 Å². The van der Waals surface area contributed by atoms with Crippen LogP contribution < -0.4 is 18.9 Å². The largest absolute Gasteiger partial charge is 2.00 e. The second-order valence-electron chi connectivity index (χ2n) is 0. The summed E-state index contributed by atoms with van der Waals surface area (Å²) >= 11 is 0. The van der Waals surface area contributed by atoms with Gasteiger partial charge in [0.1, 0.15) is 0 Å². The van der Waals surface area contributed by atoms with Crippen molar-refractivity contribution < 1.29 is 41.1 Å². The van der Waals surface area contributed by atoms with Gasteiger partial charge in [0, 0.05) is 0 Å². The van der Waals surface area contributed by atoms with Crippen molar-refractivity contribution in [2.24, 2.45) is 0 Å². The van der Waals surface area contributed by atoms with Gasteiger partial charge in [-0.1, -0.05) is 0 Å². The molecule has 0 bridgehead atoms. The minimum Gasteiger partial charge on any atom is -2.00 e. The van der Waals surface area contributed by atoms with Crippen molar-refractivity contribution in [3.05, 3.63) is 0 Å². The summed E-state index contributed by atoms with van der Waals surface area (Å²) < 4.78 is 0. The zero-order valence-electron chi connectivity index (χ0n) is 2.45. The molecular weight excluding hydrogens is 106 g/mol. The smallest absolute Gasteiger partial charge is 2.00 e. The van der Waals surface area contributed by atoms with Crippen LogP contribution in [-0.2, 0) is 22.3 Å². The molecule has 1 nitrogen and oxygen atoms in total. The van der Waals surface area contributed by atoms with E-state index in [-0.39, 0.29) is 64.2 Å². The fourth-order valence-electron chi connectivity index (χ4n) is 0. The molecule has 1 radical (unpaired) electrons. The van der Waals surface area contributed by atoms with Crippen LogP contribution >= 0.6 is 0 Å². The molecule has 0 aromatic heterocycles. The third-order valence-electron chi connectivity index (χ3n) is 0. The monoisotopic (exact) mass is 106 g/mol. The second-order valence-corrected chi connectivity index (χ2v) is 0. The summed E-state index contributed by atoms with van der Waals surface area (Å²) in [7, 11) is 0. The van der Waals surface area contributed by atoms with Crippen LogP contribution in [-0.4, -0.2) is 23.1 Å². The molecule has 0 saturated carbocycles. The van der Waals surface area contributed by atoms with E-state index in [1.54, 1.807) is 0 Å². The Balaban J connectivity index is 0. The molecule has 0 aliphatic rings. The van der Waals surface area contributed by atoms with Crippen LogP contribution in [0.5, 0.6) is 0 Å². The van der Waals surface area contributed by atoms with E-state index in [9.17, 15) is 0 Å². The third kappa shape index (κ3) is 9.16. The summed E-state index contributed by atoms with van der Waals surface area (Å²) in [5, 5.41) is 0. The molecule has 15 valence electrons. The molecule has 0 amide bonds. The van der Waals surface area contributed by atoms with Crippen molar-refractivity contribution in [3.8, 4) is 0 Å². The Labute approximate surface area is 63.7 Å². The van der Waals surface area contributed by atoms with Crippen molar-refractivity contribution in [1.82, 2.24) is 0 Å². The summed E-state index contributed by atoms with van der Waals surface area (Å²) in [6.07, 6.45) is 0. The predicted molar refractivity (Wildman–Crippen MR) is 6.44 cm³/mol. The van der Waals surface area contributed by atoms with E-state index in [0.29, 0.717) is 0 Å². The fraction of sp³-hybridized carbons (Fsp3) is 0. The van der Waals surface area contributed by atoms with Crippen molar-refractivity contribution in [2.75, 3.05) is 0 Å². The summed E-state index contributed by atoms with van der Waals surface area (Å²) in [4.78, 5) is 0. The number of rotatable bonds is 0. The second kappa shape index (κ2) is 21.2. The Kier molecular flexibility index (Phi) is 215. The molecular formula is CoLiMgO+3. The third-order valence-corrected chi connectivity index (χ3v) is 0. The number of hydrogen-bond donors (Lipinski definition) is 0. The molecule has 0 atom stereocenters. The molecule has 0 aliphatic heterocycles. The van der Waals surface area contributed by atoms with Crippen LogP contribution in [0.15, 0.2) is 0 Å². The van der Waals surface area contributed by atoms with Crippen LogP contribution in [0.25, 0.3) is 0 Å². The average molecular weight is 106 g/mol. The van der Waals surface area contributed by atoms with E-state index < -0.39 is 0 Å². The normalized spacial score (nSPS) is 0. The average Bonchev–Trinajstić information content (AvgIpc) is 0. The maximum atomic E-state index is 0. The van der Waals surface area contributed by atoms with Gasteiger partial charge in [-0.05, 0) is 0 Å². The first kappa shape index (κ1) is 40.6. The predicted octanol–water partition coefficient (Wildman–Crippen LogP) is -3.50. The molecule has 0 spiro atoms. The summed E-state index contributed by atoms with van der Waals surface area (Å²) in [6, 6.07) is 0. The van der Waals surface area contributed by atoms with Crippen molar-refractivity contribution in [1.29, 1.82) is 0 Å². The maximum absolute atomic E-state index is 0. The molecule has 0 aromatic rings. The molecule has 0 fully saturated rings. The SMILES string of the molecule is [Co+2].[Li+].[Mg+2].[O-2]. The molecule has 0 aromatic carbocycles. The Morgan fingerprint density at radius 3 is 1.00 bits per heavy atom. The van der Waals surface area contributed by atoms with Gasteiger partial charge in [0.05, 0.1) is 0 Å². The molecule has 0 aliphatic carbocycles. The minimum atomic E-state index is 0. The van der Waals surface area contributed by atoms with E-state index >= 15 is 0 Å². The van der Waals surface area contributed by atoms with Crippen LogP contribution in [0.4, 0.5) is 0 Å². The summed E-state index contributed by atoms with van der Waals surface area (Å²) in [6.45, 7) is 0. The Morgan fingerprint density at radius 2 is 1.00 bits per heavy atom. The van der Waals surface area contributed by atoms with Gasteiger partial charge in [0.15, 0.2) is 0 Å². The van der Waals surface area contributed by atoms with Gasteiger partial charge in [0.2, 0.25) is 0 Å². The van der Waals surface area contributed by atoms with Gasteiger partial charge in [-0.25, -0.2) is 0 Å². The molecule has 0 unspecified atom stereocenters. The standard InChI is InChI=1S/Co.Li.Mg.O/q+2;+1;+2;-2. The minimum absolute atomic E-state index is 0. The fourth-order valence-corrected chi connectivity index (χ4v) is 0. The van der Waals surface area contributed by atoms with Gasteiger partial charge >= 0.3 is 58.7 Å². The van der Waals surface area contributed by atoms with Gasteiger partial charge in [-0.2, -0.15) is 0 Å². The van der Waals surface area contributed by atoms with Crippen LogP contribution in [0.1, 0.15) is 0 Å². The van der Waals surface area contributed by atoms with Gasteiger partial charge in [-0.15, -0.1) is 0 Å².